The maximum absolute atomic E-state index is 12.8. The lowest BCUT2D eigenvalue weighted by Crippen LogP contribution is -2.32. The van der Waals surface area contributed by atoms with Crippen molar-refractivity contribution in [3.63, 3.8) is 0 Å². The summed E-state index contributed by atoms with van der Waals surface area (Å²) in [7, 11) is -3.53. The van der Waals surface area contributed by atoms with Crippen molar-refractivity contribution in [2.24, 2.45) is 0 Å². The SMILES string of the molecule is CC(C)NCC(=O)Nc1cccc(Nc2ncc(Cl)c(Nc3ccccc3S(=O)(=O)C(C)C)n2)c1. The number of benzene rings is 2. The number of sulfone groups is 1. The molecule has 35 heavy (non-hydrogen) atoms. The average Bonchev–Trinajstić information content (AvgIpc) is 2.80. The summed E-state index contributed by atoms with van der Waals surface area (Å²) in [4.78, 5) is 20.9. The molecule has 9 nitrogen and oxygen atoms in total. The smallest absolute Gasteiger partial charge is 0.238 e. The predicted molar refractivity (Wildman–Crippen MR) is 141 cm³/mol. The Bertz CT molecular complexity index is 1300. The van der Waals surface area contributed by atoms with Crippen molar-refractivity contribution in [3.05, 3.63) is 59.8 Å². The van der Waals surface area contributed by atoms with E-state index in [-0.39, 0.29) is 40.2 Å². The molecular weight excluding hydrogens is 488 g/mol. The van der Waals surface area contributed by atoms with Gasteiger partial charge in [-0.1, -0.05) is 43.6 Å². The van der Waals surface area contributed by atoms with E-state index < -0.39 is 15.1 Å². The molecule has 0 spiro atoms. The Kier molecular flexibility index (Phi) is 8.66. The van der Waals surface area contributed by atoms with Crippen LogP contribution in [0.3, 0.4) is 0 Å². The van der Waals surface area contributed by atoms with Crippen molar-refractivity contribution in [2.75, 3.05) is 22.5 Å². The number of nitrogens with one attached hydrogen (secondary N) is 4. The highest BCUT2D eigenvalue weighted by Gasteiger charge is 2.23. The molecule has 186 valence electrons. The quantitative estimate of drug-likeness (QED) is 0.304. The first-order valence-corrected chi connectivity index (χ1v) is 13.0. The molecule has 0 fully saturated rings. The molecule has 0 aliphatic rings. The van der Waals surface area contributed by atoms with Gasteiger partial charge in [0, 0.05) is 17.4 Å². The van der Waals surface area contributed by atoms with E-state index in [9.17, 15) is 13.2 Å². The van der Waals surface area contributed by atoms with Crippen LogP contribution in [0.15, 0.2) is 59.6 Å². The Balaban J connectivity index is 1.79. The number of amides is 1. The van der Waals surface area contributed by atoms with Crippen molar-refractivity contribution in [1.82, 2.24) is 15.3 Å². The Morgan fingerprint density at radius 2 is 1.71 bits per heavy atom. The number of halogens is 1. The Morgan fingerprint density at radius 3 is 2.43 bits per heavy atom. The fraction of sp³-hybridized carbons (Fsp3) is 0.292. The first-order valence-electron chi connectivity index (χ1n) is 11.1. The van der Waals surface area contributed by atoms with Crippen LogP contribution in [-0.2, 0) is 14.6 Å². The lowest BCUT2D eigenvalue weighted by molar-refractivity contribution is -0.115. The number of hydrogen-bond donors (Lipinski definition) is 4. The molecule has 1 heterocycles. The molecule has 0 radical (unpaired) electrons. The predicted octanol–water partition coefficient (Wildman–Crippen LogP) is 4.74. The van der Waals surface area contributed by atoms with Crippen LogP contribution >= 0.6 is 11.6 Å². The van der Waals surface area contributed by atoms with Crippen LogP contribution in [0.5, 0.6) is 0 Å². The van der Waals surface area contributed by atoms with Crippen LogP contribution in [0.2, 0.25) is 5.02 Å². The van der Waals surface area contributed by atoms with E-state index in [1.165, 1.54) is 6.20 Å². The standard InChI is InChI=1S/C24H29ClN6O3S/c1-15(2)26-14-22(32)28-17-8-7-9-18(12-17)29-24-27-13-19(25)23(31-24)30-20-10-5-6-11-21(20)35(33,34)16(3)4/h5-13,15-16,26H,14H2,1-4H3,(H,28,32)(H2,27,29,30,31). The van der Waals surface area contributed by atoms with Gasteiger partial charge in [-0.3, -0.25) is 4.79 Å². The second-order valence-corrected chi connectivity index (χ2v) is 11.3. The summed E-state index contributed by atoms with van der Waals surface area (Å²) in [6, 6.07) is 13.9. The Labute approximate surface area is 210 Å². The second-order valence-electron chi connectivity index (χ2n) is 8.39. The number of carbonyl (C=O) groups excluding carboxylic acids is 1. The first-order chi connectivity index (χ1) is 16.6. The van der Waals surface area contributed by atoms with Gasteiger partial charge in [-0.2, -0.15) is 4.98 Å². The number of anilines is 5. The number of carbonyl (C=O) groups is 1. The molecule has 0 saturated carbocycles. The van der Waals surface area contributed by atoms with Gasteiger partial charge in [0.1, 0.15) is 5.02 Å². The third-order valence-electron chi connectivity index (χ3n) is 4.88. The van der Waals surface area contributed by atoms with Crippen LogP contribution in [0.4, 0.5) is 28.8 Å². The van der Waals surface area contributed by atoms with Gasteiger partial charge in [-0.15, -0.1) is 0 Å². The van der Waals surface area contributed by atoms with Crippen molar-refractivity contribution in [1.29, 1.82) is 0 Å². The largest absolute Gasteiger partial charge is 0.338 e. The molecule has 1 amide bonds. The summed E-state index contributed by atoms with van der Waals surface area (Å²) in [6.45, 7) is 7.40. The number of nitrogens with zero attached hydrogens (tertiary/aromatic N) is 2. The van der Waals surface area contributed by atoms with Gasteiger partial charge in [0.15, 0.2) is 15.7 Å². The molecule has 11 heteroatoms. The van der Waals surface area contributed by atoms with Crippen LogP contribution < -0.4 is 21.3 Å². The van der Waals surface area contributed by atoms with Crippen molar-refractivity contribution >= 4 is 56.2 Å². The topological polar surface area (TPSA) is 125 Å². The van der Waals surface area contributed by atoms with Crippen LogP contribution in [0, 0.1) is 0 Å². The van der Waals surface area contributed by atoms with E-state index in [2.05, 4.69) is 31.2 Å². The van der Waals surface area contributed by atoms with Crippen LogP contribution in [-0.4, -0.2) is 42.1 Å². The Morgan fingerprint density at radius 1 is 1.00 bits per heavy atom. The monoisotopic (exact) mass is 516 g/mol. The van der Waals surface area contributed by atoms with E-state index in [4.69, 9.17) is 11.6 Å². The maximum atomic E-state index is 12.8. The lowest BCUT2D eigenvalue weighted by atomic mass is 10.2. The summed E-state index contributed by atoms with van der Waals surface area (Å²) in [6.07, 6.45) is 1.42. The summed E-state index contributed by atoms with van der Waals surface area (Å²) in [5.74, 6) is 0.339. The van der Waals surface area contributed by atoms with Gasteiger partial charge in [-0.25, -0.2) is 13.4 Å². The van der Waals surface area contributed by atoms with E-state index in [1.807, 2.05) is 13.8 Å². The molecule has 0 atom stereocenters. The molecule has 3 rings (SSSR count). The van der Waals surface area contributed by atoms with Crippen molar-refractivity contribution < 1.29 is 13.2 Å². The molecule has 2 aromatic carbocycles. The van der Waals surface area contributed by atoms with Crippen molar-refractivity contribution in [2.45, 2.75) is 43.9 Å². The molecule has 4 N–H and O–H groups in total. The summed E-state index contributed by atoms with van der Waals surface area (Å²) in [5.41, 5.74) is 1.63. The minimum Gasteiger partial charge on any atom is -0.338 e. The molecule has 0 unspecified atom stereocenters. The fourth-order valence-electron chi connectivity index (χ4n) is 3.02. The van der Waals surface area contributed by atoms with Crippen LogP contribution in [0.1, 0.15) is 27.7 Å². The lowest BCUT2D eigenvalue weighted by Gasteiger charge is -2.15. The van der Waals surface area contributed by atoms with Gasteiger partial charge >= 0.3 is 0 Å². The number of para-hydroxylation sites is 1. The number of rotatable bonds is 10. The zero-order chi connectivity index (χ0) is 25.6. The van der Waals surface area contributed by atoms with Gasteiger partial charge in [-0.05, 0) is 44.2 Å². The molecular formula is C24H29ClN6O3S. The van der Waals surface area contributed by atoms with Gasteiger partial charge in [0.2, 0.25) is 11.9 Å². The average molecular weight is 517 g/mol. The molecule has 1 aromatic heterocycles. The van der Waals surface area contributed by atoms with Crippen LogP contribution in [0.25, 0.3) is 0 Å². The normalized spacial score (nSPS) is 11.5. The summed E-state index contributed by atoms with van der Waals surface area (Å²) in [5, 5.41) is 11.6. The van der Waals surface area contributed by atoms with E-state index >= 15 is 0 Å². The van der Waals surface area contributed by atoms with E-state index in [1.54, 1.807) is 62.4 Å². The third-order valence-corrected chi connectivity index (χ3v) is 7.37. The summed E-state index contributed by atoms with van der Waals surface area (Å²) >= 11 is 6.29. The highest BCUT2D eigenvalue weighted by molar-refractivity contribution is 7.92. The highest BCUT2D eigenvalue weighted by atomic mass is 35.5. The third kappa shape index (κ3) is 7.14. The van der Waals surface area contributed by atoms with Gasteiger partial charge in [0.25, 0.3) is 0 Å². The second kappa shape index (κ2) is 11.5. The molecule has 0 saturated heterocycles. The minimum atomic E-state index is -3.53. The molecule has 3 aromatic rings. The first kappa shape index (κ1) is 26.4. The van der Waals surface area contributed by atoms with E-state index in [0.717, 1.165) is 0 Å². The zero-order valence-electron chi connectivity index (χ0n) is 20.0. The number of hydrogen-bond acceptors (Lipinski definition) is 8. The summed E-state index contributed by atoms with van der Waals surface area (Å²) < 4.78 is 25.5. The molecule has 0 aliphatic carbocycles. The van der Waals surface area contributed by atoms with Gasteiger partial charge < -0.3 is 21.3 Å². The molecule has 0 aliphatic heterocycles. The number of aromatic nitrogens is 2. The minimum absolute atomic E-state index is 0.153. The van der Waals surface area contributed by atoms with E-state index in [0.29, 0.717) is 17.1 Å². The molecule has 0 bridgehead atoms. The highest BCUT2D eigenvalue weighted by Crippen LogP contribution is 2.30. The fourth-order valence-corrected chi connectivity index (χ4v) is 4.36. The van der Waals surface area contributed by atoms with Crippen molar-refractivity contribution in [3.8, 4) is 0 Å². The van der Waals surface area contributed by atoms with Gasteiger partial charge in [0.05, 0.1) is 28.6 Å². The maximum Gasteiger partial charge on any atom is 0.238 e. The zero-order valence-corrected chi connectivity index (χ0v) is 21.5. The Hall–Kier alpha value is -3.21.